The minimum atomic E-state index is -0.189. The third kappa shape index (κ3) is 3.03. The van der Waals surface area contributed by atoms with E-state index >= 15 is 0 Å². The molecule has 3 heterocycles. The van der Waals surface area contributed by atoms with Gasteiger partial charge in [-0.1, -0.05) is 49.3 Å². The van der Waals surface area contributed by atoms with Crippen molar-refractivity contribution < 1.29 is 4.52 Å². The summed E-state index contributed by atoms with van der Waals surface area (Å²) in [6.45, 7) is 4.14. The lowest BCUT2D eigenvalue weighted by atomic mass is 10.0. The van der Waals surface area contributed by atoms with Gasteiger partial charge in [0.15, 0.2) is 5.65 Å². The summed E-state index contributed by atoms with van der Waals surface area (Å²) < 4.78 is 6.85. The predicted octanol–water partition coefficient (Wildman–Crippen LogP) is 2.38. The Labute approximate surface area is 143 Å². The number of rotatable bonds is 5. The Morgan fingerprint density at radius 3 is 2.72 bits per heavy atom. The van der Waals surface area contributed by atoms with E-state index in [1.807, 2.05) is 36.4 Å². The van der Waals surface area contributed by atoms with Crippen LogP contribution in [0.1, 0.15) is 25.8 Å². The fourth-order valence-electron chi connectivity index (χ4n) is 2.47. The molecular formula is C16H16N8O. The second-order valence-corrected chi connectivity index (χ2v) is 5.93. The van der Waals surface area contributed by atoms with E-state index in [0.29, 0.717) is 23.2 Å². The van der Waals surface area contributed by atoms with Crippen LogP contribution in [-0.2, 0) is 0 Å². The van der Waals surface area contributed by atoms with Crippen molar-refractivity contribution >= 4 is 11.5 Å². The lowest BCUT2D eigenvalue weighted by Gasteiger charge is -2.18. The second-order valence-electron chi connectivity index (χ2n) is 5.93. The molecule has 1 aromatic carbocycles. The molecule has 0 radical (unpaired) electrons. The summed E-state index contributed by atoms with van der Waals surface area (Å²) in [5.74, 6) is 1.90. The summed E-state index contributed by atoms with van der Waals surface area (Å²) in [6.07, 6.45) is 0. The topological polar surface area (TPSA) is 107 Å². The predicted molar refractivity (Wildman–Crippen MR) is 89.5 cm³/mol. The minimum absolute atomic E-state index is 0.189. The van der Waals surface area contributed by atoms with E-state index in [0.717, 1.165) is 5.56 Å². The maximum atomic E-state index is 5.49. The van der Waals surface area contributed by atoms with Crippen LogP contribution in [0.15, 0.2) is 47.0 Å². The summed E-state index contributed by atoms with van der Waals surface area (Å²) in [6, 6.07) is 13.1. The van der Waals surface area contributed by atoms with Crippen molar-refractivity contribution in [2.24, 2.45) is 5.92 Å². The van der Waals surface area contributed by atoms with Gasteiger partial charge in [-0.05, 0) is 28.5 Å². The molecule has 126 valence electrons. The van der Waals surface area contributed by atoms with Gasteiger partial charge in [0.1, 0.15) is 11.9 Å². The zero-order valence-corrected chi connectivity index (χ0v) is 13.7. The summed E-state index contributed by atoms with van der Waals surface area (Å²) in [4.78, 5) is 4.54. The smallest absolute Gasteiger partial charge is 0.249 e. The maximum absolute atomic E-state index is 5.49. The van der Waals surface area contributed by atoms with E-state index in [-0.39, 0.29) is 12.0 Å². The first kappa shape index (κ1) is 15.2. The van der Waals surface area contributed by atoms with E-state index < -0.39 is 0 Å². The molecule has 0 saturated carbocycles. The summed E-state index contributed by atoms with van der Waals surface area (Å²) in [5, 5.41) is 23.0. The molecule has 0 amide bonds. The van der Waals surface area contributed by atoms with Crippen LogP contribution >= 0.6 is 0 Å². The summed E-state index contributed by atoms with van der Waals surface area (Å²) in [5.41, 5.74) is 1.49. The molecular weight excluding hydrogens is 320 g/mol. The molecule has 1 N–H and O–H groups in total. The fourth-order valence-corrected chi connectivity index (χ4v) is 2.47. The van der Waals surface area contributed by atoms with Gasteiger partial charge in [0, 0.05) is 5.56 Å². The molecule has 0 spiro atoms. The summed E-state index contributed by atoms with van der Waals surface area (Å²) in [7, 11) is 0. The number of tetrazole rings is 1. The van der Waals surface area contributed by atoms with Crippen molar-refractivity contribution in [1.82, 2.24) is 35.4 Å². The number of benzene rings is 1. The van der Waals surface area contributed by atoms with Crippen molar-refractivity contribution in [1.29, 1.82) is 0 Å². The average Bonchev–Trinajstić information content (AvgIpc) is 3.29. The molecule has 0 aliphatic carbocycles. The molecule has 0 saturated heterocycles. The maximum Gasteiger partial charge on any atom is 0.249 e. The van der Waals surface area contributed by atoms with Crippen LogP contribution in [0.2, 0.25) is 0 Å². The molecule has 4 rings (SSSR count). The Balaban J connectivity index is 1.62. The highest BCUT2D eigenvalue weighted by Crippen LogP contribution is 2.26. The van der Waals surface area contributed by atoms with Gasteiger partial charge in [0.25, 0.3) is 0 Å². The zero-order chi connectivity index (χ0) is 17.2. The van der Waals surface area contributed by atoms with Crippen LogP contribution in [0, 0.1) is 5.92 Å². The zero-order valence-electron chi connectivity index (χ0n) is 13.7. The molecule has 9 heteroatoms. The van der Waals surface area contributed by atoms with Crippen molar-refractivity contribution in [3.05, 3.63) is 48.4 Å². The third-order valence-corrected chi connectivity index (χ3v) is 3.78. The highest BCUT2D eigenvalue weighted by Gasteiger charge is 2.23. The molecule has 3 aromatic heterocycles. The van der Waals surface area contributed by atoms with E-state index in [9.17, 15) is 0 Å². The van der Waals surface area contributed by atoms with Gasteiger partial charge in [-0.15, -0.1) is 14.8 Å². The largest absolute Gasteiger partial charge is 0.357 e. The van der Waals surface area contributed by atoms with Crippen LogP contribution in [-0.4, -0.2) is 35.4 Å². The third-order valence-electron chi connectivity index (χ3n) is 3.78. The van der Waals surface area contributed by atoms with Crippen molar-refractivity contribution in [3.63, 3.8) is 0 Å². The van der Waals surface area contributed by atoms with Gasteiger partial charge < -0.3 is 9.84 Å². The number of hydrogen-bond acceptors (Lipinski definition) is 8. The molecule has 0 aliphatic rings. The quantitative estimate of drug-likeness (QED) is 0.592. The molecule has 1 atom stereocenters. The van der Waals surface area contributed by atoms with Crippen LogP contribution in [0.5, 0.6) is 0 Å². The Bertz CT molecular complexity index is 978. The SMILES string of the molecule is CC(C)C(Nc1ccc2nnnn2n1)c1nc(-c2ccccc2)no1. The molecule has 0 fully saturated rings. The Hall–Kier alpha value is -3.36. The first-order valence-corrected chi connectivity index (χ1v) is 7.92. The van der Waals surface area contributed by atoms with Crippen molar-refractivity contribution in [2.45, 2.75) is 19.9 Å². The van der Waals surface area contributed by atoms with Crippen LogP contribution in [0.25, 0.3) is 17.0 Å². The number of nitrogens with one attached hydrogen (secondary N) is 1. The van der Waals surface area contributed by atoms with E-state index in [1.54, 1.807) is 6.07 Å². The van der Waals surface area contributed by atoms with E-state index in [2.05, 4.69) is 49.9 Å². The van der Waals surface area contributed by atoms with Gasteiger partial charge >= 0.3 is 0 Å². The Kier molecular flexibility index (Phi) is 3.81. The number of aromatic nitrogens is 7. The number of anilines is 1. The molecule has 25 heavy (non-hydrogen) atoms. The highest BCUT2D eigenvalue weighted by molar-refractivity contribution is 5.53. The van der Waals surface area contributed by atoms with Crippen LogP contribution in [0.3, 0.4) is 0 Å². The number of hydrogen-bond donors (Lipinski definition) is 1. The fraction of sp³-hybridized carbons (Fsp3) is 0.250. The first-order chi connectivity index (χ1) is 12.2. The van der Waals surface area contributed by atoms with Crippen LogP contribution < -0.4 is 5.32 Å². The Morgan fingerprint density at radius 2 is 1.92 bits per heavy atom. The highest BCUT2D eigenvalue weighted by atomic mass is 16.5. The lowest BCUT2D eigenvalue weighted by Crippen LogP contribution is -2.18. The van der Waals surface area contributed by atoms with Gasteiger partial charge in [0.2, 0.25) is 11.7 Å². The van der Waals surface area contributed by atoms with Gasteiger partial charge in [0.05, 0.1) is 0 Å². The number of fused-ring (bicyclic) bond motifs is 1. The Morgan fingerprint density at radius 1 is 1.08 bits per heavy atom. The molecule has 9 nitrogen and oxygen atoms in total. The second kappa shape index (κ2) is 6.27. The van der Waals surface area contributed by atoms with Gasteiger partial charge in [-0.25, -0.2) is 0 Å². The first-order valence-electron chi connectivity index (χ1n) is 7.92. The summed E-state index contributed by atoms with van der Waals surface area (Å²) >= 11 is 0. The monoisotopic (exact) mass is 336 g/mol. The molecule has 1 unspecified atom stereocenters. The van der Waals surface area contributed by atoms with E-state index in [4.69, 9.17) is 4.52 Å². The normalized spacial score (nSPS) is 12.6. The number of nitrogens with zero attached hydrogens (tertiary/aromatic N) is 7. The standard InChI is InChI=1S/C16H16N8O/c1-10(2)14(17-12-8-9-13-19-22-23-24(13)20-12)16-18-15(21-25-16)11-6-4-3-5-7-11/h3-10,14H,1-2H3,(H,17,20). The minimum Gasteiger partial charge on any atom is -0.357 e. The lowest BCUT2D eigenvalue weighted by molar-refractivity contribution is 0.335. The van der Waals surface area contributed by atoms with Crippen LogP contribution in [0.4, 0.5) is 5.82 Å². The van der Waals surface area contributed by atoms with Gasteiger partial charge in [-0.2, -0.15) is 4.98 Å². The average molecular weight is 336 g/mol. The molecule has 0 bridgehead atoms. The van der Waals surface area contributed by atoms with E-state index in [1.165, 1.54) is 4.63 Å². The van der Waals surface area contributed by atoms with Crippen molar-refractivity contribution in [2.75, 3.05) is 5.32 Å². The molecule has 4 aromatic rings. The molecule has 0 aliphatic heterocycles. The van der Waals surface area contributed by atoms with Crippen molar-refractivity contribution in [3.8, 4) is 11.4 Å². The van der Waals surface area contributed by atoms with Gasteiger partial charge in [-0.3, -0.25) is 0 Å².